The van der Waals surface area contributed by atoms with Crippen LogP contribution in [0.25, 0.3) is 0 Å². The highest BCUT2D eigenvalue weighted by Gasteiger charge is 2.40. The van der Waals surface area contributed by atoms with Crippen molar-refractivity contribution in [2.45, 2.75) is 57.4 Å². The Kier molecular flexibility index (Phi) is 6.44. The number of allylic oxidation sites excluding steroid dienone is 1. The van der Waals surface area contributed by atoms with Crippen molar-refractivity contribution >= 4 is 19.9 Å². The molecule has 0 bridgehead atoms. The molecule has 0 unspecified atom stereocenters. The lowest BCUT2D eigenvalue weighted by molar-refractivity contribution is -0.117. The summed E-state index contributed by atoms with van der Waals surface area (Å²) in [6, 6.07) is 0. The summed E-state index contributed by atoms with van der Waals surface area (Å²) in [5.41, 5.74) is 1.05. The molecule has 1 heterocycles. The molecule has 21 heavy (non-hydrogen) atoms. The first-order valence-corrected chi connectivity index (χ1v) is 9.75. The van der Waals surface area contributed by atoms with Crippen molar-refractivity contribution in [1.29, 1.82) is 0 Å². The van der Waals surface area contributed by atoms with Crippen LogP contribution in [0, 0.1) is 0 Å². The molecular weight excluding hydrogens is 279 g/mol. The normalized spacial score (nSPS) is 23.6. The molecule has 1 aliphatic heterocycles. The maximum atomic E-state index is 12.3. The predicted octanol–water partition coefficient (Wildman–Crippen LogP) is 3.23. The number of carbonyl (C=O) groups excluding carboxylic acids is 1. The highest BCUT2D eigenvalue weighted by Crippen LogP contribution is 2.36. The van der Waals surface area contributed by atoms with Gasteiger partial charge in [-0.1, -0.05) is 25.3 Å². The predicted molar refractivity (Wildman–Crippen MR) is 92.3 cm³/mol. The molecule has 0 aromatic carbocycles. The van der Waals surface area contributed by atoms with Gasteiger partial charge in [-0.15, -0.1) is 8.20 Å². The number of hydrogen-bond acceptors (Lipinski definition) is 2. The Morgan fingerprint density at radius 2 is 1.86 bits per heavy atom. The Morgan fingerprint density at radius 3 is 2.43 bits per heavy atom. The van der Waals surface area contributed by atoms with Gasteiger partial charge in [0.25, 0.3) is 5.91 Å². The van der Waals surface area contributed by atoms with Crippen molar-refractivity contribution in [2.24, 2.45) is 0 Å². The van der Waals surface area contributed by atoms with E-state index < -0.39 is 0 Å². The average Bonchev–Trinajstić information content (AvgIpc) is 3.01. The molecule has 0 atom stereocenters. The topological polar surface area (TPSA) is 32.3 Å². The van der Waals surface area contributed by atoms with E-state index in [4.69, 9.17) is 0 Å². The molecule has 1 saturated heterocycles. The van der Waals surface area contributed by atoms with Gasteiger partial charge >= 0.3 is 0 Å². The fourth-order valence-electron chi connectivity index (χ4n) is 3.76. The van der Waals surface area contributed by atoms with Gasteiger partial charge in [-0.25, -0.2) is 0 Å². The van der Waals surface area contributed by atoms with Gasteiger partial charge in [-0.2, -0.15) is 0 Å². The molecule has 0 radical (unpaired) electrons. The van der Waals surface area contributed by atoms with Crippen molar-refractivity contribution in [2.75, 3.05) is 26.3 Å². The summed E-state index contributed by atoms with van der Waals surface area (Å²) in [4.78, 5) is 15.0. The van der Waals surface area contributed by atoms with Crippen LogP contribution in [0.2, 0.25) is 0 Å². The van der Waals surface area contributed by atoms with Crippen LogP contribution in [0.1, 0.15) is 51.9 Å². The van der Waals surface area contributed by atoms with E-state index in [9.17, 15) is 4.79 Å². The third-order valence-electron chi connectivity index (χ3n) is 4.98. The van der Waals surface area contributed by atoms with Gasteiger partial charge in [0.05, 0.1) is 0 Å². The van der Waals surface area contributed by atoms with E-state index in [1.807, 2.05) is 25.5 Å². The Balaban J connectivity index is 1.98. The van der Waals surface area contributed by atoms with Crippen LogP contribution in [0.3, 0.4) is 0 Å². The standard InChI is InChI=1S/C17H29N2OP/c1-3-15(13-21-2)16(20)18-14-17(9-5-6-10-17)19-11-7-4-8-12-19/h3,13H,4-12,14H2,1-2H3,(H,18,20)/b15-3+. The molecule has 1 N–H and O–H groups in total. The van der Waals surface area contributed by atoms with E-state index in [1.165, 1.54) is 58.0 Å². The fraction of sp³-hybridized carbons (Fsp3) is 0.765. The van der Waals surface area contributed by atoms with Crippen molar-refractivity contribution < 1.29 is 4.79 Å². The highest BCUT2D eigenvalue weighted by atomic mass is 31.1. The van der Waals surface area contributed by atoms with E-state index in [2.05, 4.69) is 10.2 Å². The smallest absolute Gasteiger partial charge is 0.251 e. The number of piperidine rings is 1. The van der Waals surface area contributed by atoms with E-state index in [1.54, 1.807) is 0 Å². The molecule has 2 rings (SSSR count). The van der Waals surface area contributed by atoms with E-state index in [0.717, 1.165) is 20.3 Å². The number of rotatable bonds is 5. The second-order valence-electron chi connectivity index (χ2n) is 6.29. The van der Waals surface area contributed by atoms with Crippen LogP contribution in [0.15, 0.2) is 11.6 Å². The van der Waals surface area contributed by atoms with Crippen LogP contribution < -0.4 is 5.32 Å². The maximum Gasteiger partial charge on any atom is 0.251 e. The Bertz CT molecular complexity index is 405. The first kappa shape index (κ1) is 16.7. The number of nitrogens with one attached hydrogen (secondary N) is 1. The third-order valence-corrected chi connectivity index (χ3v) is 5.52. The van der Waals surface area contributed by atoms with Crippen LogP contribution in [-0.4, -0.2) is 48.4 Å². The summed E-state index contributed by atoms with van der Waals surface area (Å²) in [5, 5.41) is 3.21. The number of carbonyl (C=O) groups is 1. The van der Waals surface area contributed by atoms with E-state index >= 15 is 0 Å². The van der Waals surface area contributed by atoms with Gasteiger partial charge in [0.2, 0.25) is 0 Å². The molecule has 2 aliphatic rings. The minimum absolute atomic E-state index is 0.0927. The molecule has 1 aliphatic carbocycles. The van der Waals surface area contributed by atoms with Gasteiger partial charge in [0.15, 0.2) is 0 Å². The van der Waals surface area contributed by atoms with Crippen molar-refractivity contribution in [1.82, 2.24) is 10.2 Å². The molecule has 4 heteroatoms. The largest absolute Gasteiger partial charge is 0.350 e. The minimum atomic E-state index is 0.0927. The lowest BCUT2D eigenvalue weighted by Gasteiger charge is -2.43. The first-order valence-electron chi connectivity index (χ1n) is 8.33. The zero-order chi connectivity index (χ0) is 15.1. The first-order chi connectivity index (χ1) is 10.2. The molecule has 0 spiro atoms. The second kappa shape index (κ2) is 8.10. The number of amides is 1. The number of nitrogens with zero attached hydrogens (tertiary/aromatic N) is 1. The lowest BCUT2D eigenvalue weighted by atomic mass is 9.92. The van der Waals surface area contributed by atoms with Crippen molar-refractivity contribution in [3.63, 3.8) is 0 Å². The summed E-state index contributed by atoms with van der Waals surface area (Å²) in [7, 11) is 1.13. The fourth-order valence-corrected chi connectivity index (χ4v) is 4.30. The third kappa shape index (κ3) is 4.17. The molecule has 1 amide bonds. The molecule has 1 saturated carbocycles. The van der Waals surface area contributed by atoms with E-state index in [-0.39, 0.29) is 11.4 Å². The Labute approximate surface area is 131 Å². The monoisotopic (exact) mass is 308 g/mol. The zero-order valence-corrected chi connectivity index (χ0v) is 14.4. The van der Waals surface area contributed by atoms with Gasteiger partial charge in [-0.05, 0) is 58.2 Å². The molecular formula is C17H29N2OP. The molecule has 2 fully saturated rings. The molecule has 3 nitrogen and oxygen atoms in total. The minimum Gasteiger partial charge on any atom is -0.350 e. The van der Waals surface area contributed by atoms with Gasteiger partial charge in [-0.3, -0.25) is 9.69 Å². The molecule has 0 aromatic heterocycles. The number of likely N-dealkylation sites (tertiary alicyclic amines) is 1. The van der Waals surface area contributed by atoms with E-state index in [0.29, 0.717) is 0 Å². The molecule has 118 valence electrons. The molecule has 0 aromatic rings. The van der Waals surface area contributed by atoms with Crippen LogP contribution in [0.4, 0.5) is 0 Å². The summed E-state index contributed by atoms with van der Waals surface area (Å²) in [6.45, 7) is 7.23. The summed E-state index contributed by atoms with van der Waals surface area (Å²) in [5.74, 6) is 2.08. The number of hydrogen-bond donors (Lipinski definition) is 1. The van der Waals surface area contributed by atoms with Crippen LogP contribution in [-0.2, 0) is 4.79 Å². The average molecular weight is 308 g/mol. The Hall–Kier alpha value is -0.660. The lowest BCUT2D eigenvalue weighted by Crippen LogP contribution is -2.55. The van der Waals surface area contributed by atoms with Crippen molar-refractivity contribution in [3.05, 3.63) is 11.6 Å². The summed E-state index contributed by atoms with van der Waals surface area (Å²) in [6.07, 6.45) is 11.0. The summed E-state index contributed by atoms with van der Waals surface area (Å²) >= 11 is 0. The summed E-state index contributed by atoms with van der Waals surface area (Å²) < 4.78 is 0. The van der Waals surface area contributed by atoms with Gasteiger partial charge in [0, 0.05) is 17.7 Å². The van der Waals surface area contributed by atoms with Crippen molar-refractivity contribution in [3.8, 4) is 0 Å². The van der Waals surface area contributed by atoms with Crippen LogP contribution in [0.5, 0.6) is 0 Å². The second-order valence-corrected chi connectivity index (χ2v) is 7.07. The van der Waals surface area contributed by atoms with Gasteiger partial charge in [0.1, 0.15) is 0 Å². The van der Waals surface area contributed by atoms with Crippen LogP contribution >= 0.6 is 8.20 Å². The van der Waals surface area contributed by atoms with Gasteiger partial charge < -0.3 is 5.32 Å². The highest BCUT2D eigenvalue weighted by molar-refractivity contribution is 7.38. The quantitative estimate of drug-likeness (QED) is 0.625. The zero-order valence-electron chi connectivity index (χ0n) is 13.5. The maximum absolute atomic E-state index is 12.3. The SMILES string of the molecule is C/C=C(\C=P/C)C(=O)NCC1(N2CCCCC2)CCCC1. The Morgan fingerprint density at radius 1 is 1.19 bits per heavy atom.